The van der Waals surface area contributed by atoms with E-state index in [1.54, 1.807) is 4.31 Å². The number of hydrogen-bond acceptors (Lipinski definition) is 4. The van der Waals surface area contributed by atoms with E-state index in [-0.39, 0.29) is 6.04 Å². The molecule has 0 spiro atoms. The molecule has 0 saturated carbocycles. The molecule has 6 heteroatoms. The molecule has 2 fully saturated rings. The Kier molecular flexibility index (Phi) is 4.41. The van der Waals surface area contributed by atoms with Gasteiger partial charge in [0.1, 0.15) is 0 Å². The first-order chi connectivity index (χ1) is 8.07. The third-order valence-corrected chi connectivity index (χ3v) is 5.01. The van der Waals surface area contributed by atoms with Crippen molar-refractivity contribution in [2.45, 2.75) is 25.3 Å². The molecule has 0 aromatic rings. The highest BCUT2D eigenvalue weighted by atomic mass is 32.2. The summed E-state index contributed by atoms with van der Waals surface area (Å²) in [6.07, 6.45) is 5.15. The number of sulfonamides is 1. The fourth-order valence-electron chi connectivity index (χ4n) is 2.52. The van der Waals surface area contributed by atoms with Gasteiger partial charge >= 0.3 is 0 Å². The van der Waals surface area contributed by atoms with Crippen LogP contribution in [0.3, 0.4) is 0 Å². The van der Waals surface area contributed by atoms with Gasteiger partial charge in [0, 0.05) is 32.2 Å². The quantitative estimate of drug-likeness (QED) is 0.739. The number of hydrogen-bond donors (Lipinski definition) is 1. The summed E-state index contributed by atoms with van der Waals surface area (Å²) in [5.41, 5.74) is 0. The van der Waals surface area contributed by atoms with E-state index in [4.69, 9.17) is 0 Å². The van der Waals surface area contributed by atoms with Crippen LogP contribution in [0, 0.1) is 0 Å². The third-order valence-electron chi connectivity index (χ3n) is 3.68. The molecule has 2 saturated heterocycles. The lowest BCUT2D eigenvalue weighted by molar-refractivity contribution is 0.181. The van der Waals surface area contributed by atoms with Crippen LogP contribution in [0.15, 0.2) is 0 Å². The maximum absolute atomic E-state index is 11.7. The second kappa shape index (κ2) is 5.65. The van der Waals surface area contributed by atoms with Crippen molar-refractivity contribution in [1.82, 2.24) is 14.5 Å². The molecule has 17 heavy (non-hydrogen) atoms. The number of nitrogens with one attached hydrogen (secondary N) is 1. The van der Waals surface area contributed by atoms with Gasteiger partial charge in [-0.1, -0.05) is 6.42 Å². The van der Waals surface area contributed by atoms with Crippen molar-refractivity contribution in [3.8, 4) is 0 Å². The molecule has 5 nitrogen and oxygen atoms in total. The first-order valence-corrected chi connectivity index (χ1v) is 8.32. The number of likely N-dealkylation sites (tertiary alicyclic amines) is 1. The van der Waals surface area contributed by atoms with Crippen molar-refractivity contribution in [2.24, 2.45) is 0 Å². The van der Waals surface area contributed by atoms with E-state index in [9.17, 15) is 8.42 Å². The molecule has 100 valence electrons. The Morgan fingerprint density at radius 3 is 2.35 bits per heavy atom. The lowest BCUT2D eigenvalue weighted by Crippen LogP contribution is -2.59. The van der Waals surface area contributed by atoms with Crippen LogP contribution < -0.4 is 5.32 Å². The lowest BCUT2D eigenvalue weighted by Gasteiger charge is -2.38. The van der Waals surface area contributed by atoms with Gasteiger partial charge in [-0.2, -0.15) is 4.31 Å². The minimum Gasteiger partial charge on any atom is -0.313 e. The first kappa shape index (κ1) is 13.3. The minimum absolute atomic E-state index is 0.176. The summed E-state index contributed by atoms with van der Waals surface area (Å²) in [5.74, 6) is 0. The lowest BCUT2D eigenvalue weighted by atomic mass is 10.1. The monoisotopic (exact) mass is 261 g/mol. The van der Waals surface area contributed by atoms with Gasteiger partial charge in [0.2, 0.25) is 10.0 Å². The van der Waals surface area contributed by atoms with Gasteiger partial charge in [-0.25, -0.2) is 8.42 Å². The predicted molar refractivity (Wildman–Crippen MR) is 68.5 cm³/mol. The van der Waals surface area contributed by atoms with Crippen LogP contribution in [0.25, 0.3) is 0 Å². The van der Waals surface area contributed by atoms with E-state index >= 15 is 0 Å². The van der Waals surface area contributed by atoms with Crippen molar-refractivity contribution < 1.29 is 8.42 Å². The molecule has 2 heterocycles. The molecular weight excluding hydrogens is 238 g/mol. The molecule has 0 bridgehead atoms. The first-order valence-electron chi connectivity index (χ1n) is 6.47. The van der Waals surface area contributed by atoms with Crippen molar-refractivity contribution in [1.29, 1.82) is 0 Å². The molecule has 0 atom stereocenters. The molecule has 0 aliphatic carbocycles. The Morgan fingerprint density at radius 1 is 1.24 bits per heavy atom. The summed E-state index contributed by atoms with van der Waals surface area (Å²) in [6.45, 7) is 5.37. The van der Waals surface area contributed by atoms with Gasteiger partial charge in [0.15, 0.2) is 0 Å². The molecule has 0 amide bonds. The SMILES string of the molecule is CS(=O)(=O)N(CCN1CCCCC1)C1CNC1. The zero-order valence-corrected chi connectivity index (χ0v) is 11.4. The summed E-state index contributed by atoms with van der Waals surface area (Å²) < 4.78 is 25.1. The molecule has 0 radical (unpaired) electrons. The fourth-order valence-corrected chi connectivity index (χ4v) is 3.62. The number of piperidine rings is 1. The van der Waals surface area contributed by atoms with Crippen LogP contribution >= 0.6 is 0 Å². The fraction of sp³-hybridized carbons (Fsp3) is 1.00. The van der Waals surface area contributed by atoms with Crippen molar-refractivity contribution in [3.05, 3.63) is 0 Å². The van der Waals surface area contributed by atoms with Crippen molar-refractivity contribution in [2.75, 3.05) is 45.5 Å². The van der Waals surface area contributed by atoms with Crippen LogP contribution in [-0.2, 0) is 10.0 Å². The van der Waals surface area contributed by atoms with Gasteiger partial charge in [-0.3, -0.25) is 0 Å². The third kappa shape index (κ3) is 3.64. The second-order valence-electron chi connectivity index (χ2n) is 5.09. The van der Waals surface area contributed by atoms with Crippen LogP contribution in [0.4, 0.5) is 0 Å². The summed E-state index contributed by atoms with van der Waals surface area (Å²) in [7, 11) is -3.06. The standard InChI is InChI=1S/C11H23N3O2S/c1-17(15,16)14(11-9-12-10-11)8-7-13-5-3-2-4-6-13/h11-12H,2-10H2,1H3. The Labute approximate surface area is 104 Å². The zero-order chi connectivity index (χ0) is 12.3. The molecule has 2 rings (SSSR count). The molecule has 0 aromatic heterocycles. The Morgan fingerprint density at radius 2 is 1.88 bits per heavy atom. The average molecular weight is 261 g/mol. The van der Waals surface area contributed by atoms with Gasteiger partial charge in [0.25, 0.3) is 0 Å². The van der Waals surface area contributed by atoms with Crippen LogP contribution in [0.2, 0.25) is 0 Å². The normalized spacial score (nSPS) is 23.9. The Bertz CT molecular complexity index is 335. The van der Waals surface area contributed by atoms with E-state index in [1.165, 1.54) is 25.5 Å². The van der Waals surface area contributed by atoms with Crippen molar-refractivity contribution in [3.63, 3.8) is 0 Å². The van der Waals surface area contributed by atoms with E-state index < -0.39 is 10.0 Å². The maximum atomic E-state index is 11.7. The molecule has 2 aliphatic rings. The van der Waals surface area contributed by atoms with Gasteiger partial charge in [-0.15, -0.1) is 0 Å². The molecule has 1 N–H and O–H groups in total. The van der Waals surface area contributed by atoms with E-state index in [0.29, 0.717) is 6.54 Å². The van der Waals surface area contributed by atoms with Crippen molar-refractivity contribution >= 4 is 10.0 Å². The Hall–Kier alpha value is -0.170. The summed E-state index contributed by atoms with van der Waals surface area (Å²) in [6, 6.07) is 0.176. The minimum atomic E-state index is -3.06. The summed E-state index contributed by atoms with van der Waals surface area (Å²) >= 11 is 0. The van der Waals surface area contributed by atoms with Crippen LogP contribution in [-0.4, -0.2) is 69.2 Å². The van der Waals surface area contributed by atoms with Gasteiger partial charge in [-0.05, 0) is 25.9 Å². The average Bonchev–Trinajstić information content (AvgIpc) is 2.21. The zero-order valence-electron chi connectivity index (χ0n) is 10.6. The number of rotatable bonds is 5. The van der Waals surface area contributed by atoms with Crippen LogP contribution in [0.5, 0.6) is 0 Å². The molecule has 0 unspecified atom stereocenters. The molecule has 2 aliphatic heterocycles. The summed E-state index contributed by atoms with van der Waals surface area (Å²) in [5, 5.41) is 3.13. The van der Waals surface area contributed by atoms with E-state index in [0.717, 1.165) is 32.7 Å². The topological polar surface area (TPSA) is 52.7 Å². The predicted octanol–water partition coefficient (Wildman–Crippen LogP) is -0.294. The highest BCUT2D eigenvalue weighted by Gasteiger charge is 2.31. The molecular formula is C11H23N3O2S. The second-order valence-corrected chi connectivity index (χ2v) is 7.02. The highest BCUT2D eigenvalue weighted by Crippen LogP contribution is 2.12. The summed E-state index contributed by atoms with van der Waals surface area (Å²) in [4.78, 5) is 2.38. The van der Waals surface area contributed by atoms with Gasteiger partial charge < -0.3 is 10.2 Å². The largest absolute Gasteiger partial charge is 0.313 e. The van der Waals surface area contributed by atoms with E-state index in [2.05, 4.69) is 10.2 Å². The van der Waals surface area contributed by atoms with Gasteiger partial charge in [0.05, 0.1) is 6.26 Å². The van der Waals surface area contributed by atoms with Crippen LogP contribution in [0.1, 0.15) is 19.3 Å². The highest BCUT2D eigenvalue weighted by molar-refractivity contribution is 7.88. The Balaban J connectivity index is 1.84. The molecule has 0 aromatic carbocycles. The smallest absolute Gasteiger partial charge is 0.211 e. The van der Waals surface area contributed by atoms with E-state index in [1.807, 2.05) is 0 Å². The number of nitrogens with zero attached hydrogens (tertiary/aromatic N) is 2. The maximum Gasteiger partial charge on any atom is 0.211 e.